The number of halogens is 12. The summed E-state index contributed by atoms with van der Waals surface area (Å²) in [6.45, 7) is 2.64. The van der Waals surface area contributed by atoms with Gasteiger partial charge in [-0.05, 0) is 110 Å². The second kappa shape index (κ2) is 28.4. The third-order valence-corrected chi connectivity index (χ3v) is 15.2. The second-order valence-electron chi connectivity index (χ2n) is 20.6. The molecule has 0 saturated carbocycles. The van der Waals surface area contributed by atoms with Crippen LogP contribution in [0.5, 0.6) is 0 Å². The molecule has 0 radical (unpaired) electrons. The number of rotatable bonds is 12. The molecule has 7 N–H and O–H groups in total. The number of benzene rings is 5. The number of amides is 3. The van der Waals surface area contributed by atoms with E-state index < -0.39 is 101 Å². The zero-order chi connectivity index (χ0) is 59.3. The number of piperidine rings is 2. The minimum atomic E-state index is -5.02. The fourth-order valence-electron chi connectivity index (χ4n) is 10.9. The number of hydrogen-bond donors (Lipinski definition) is 3. The van der Waals surface area contributed by atoms with Gasteiger partial charge in [0.15, 0.2) is 0 Å². The molecule has 85 heavy (non-hydrogen) atoms. The van der Waals surface area contributed by atoms with Gasteiger partial charge in [0, 0.05) is 40.4 Å². The Hall–Kier alpha value is -6.47. The van der Waals surface area contributed by atoms with Crippen LogP contribution in [0.25, 0.3) is 0 Å². The van der Waals surface area contributed by atoms with Crippen LogP contribution in [0.3, 0.4) is 0 Å². The predicted octanol–water partition coefficient (Wildman–Crippen LogP) is 12.5. The summed E-state index contributed by atoms with van der Waals surface area (Å²) in [6, 6.07) is 28.4. The third-order valence-electron chi connectivity index (χ3n) is 15.2. The summed E-state index contributed by atoms with van der Waals surface area (Å²) in [5, 5.41) is 9.16. The van der Waals surface area contributed by atoms with Gasteiger partial charge in [-0.3, -0.25) is 4.90 Å². The van der Waals surface area contributed by atoms with Gasteiger partial charge in [-0.1, -0.05) is 91.0 Å². The Labute approximate surface area is 496 Å². The monoisotopic (exact) mass is 1310 g/mol. The third kappa shape index (κ3) is 17.0. The van der Waals surface area contributed by atoms with Gasteiger partial charge in [0.2, 0.25) is 0 Å². The molecular weight excluding hydrogens is 1250 g/mol. The number of carbonyl (C=O) groups excluding carboxylic acids is 3. The number of likely N-dealkylation sites (tertiary alicyclic amines) is 1. The fraction of sp³-hybridized carbons (Fsp3) is 0.431. The van der Waals surface area contributed by atoms with Crippen LogP contribution in [0.1, 0.15) is 116 Å². The van der Waals surface area contributed by atoms with E-state index in [1.54, 1.807) is 54.6 Å². The van der Waals surface area contributed by atoms with E-state index in [1.165, 1.54) is 18.7 Å². The Bertz CT molecular complexity index is 2950. The first kappa shape index (κ1) is 69.3. The fourth-order valence-corrected chi connectivity index (χ4v) is 10.9. The maximum Gasteiger partial charge on any atom is 0.416 e. The van der Waals surface area contributed by atoms with Crippen LogP contribution in [0.4, 0.5) is 67.1 Å². The van der Waals surface area contributed by atoms with Crippen molar-refractivity contribution in [1.82, 2.24) is 20.9 Å². The smallest absolute Gasteiger partial charge is 0.416 e. The van der Waals surface area contributed by atoms with Gasteiger partial charge in [-0.25, -0.2) is 14.4 Å². The number of hydrogen-bond acceptors (Lipinski definition) is 9. The van der Waals surface area contributed by atoms with Gasteiger partial charge in [0.05, 0.1) is 84.1 Å². The molecule has 27 heteroatoms. The molecule has 0 bridgehead atoms. The van der Waals surface area contributed by atoms with Crippen LogP contribution >= 0.6 is 0 Å². The summed E-state index contributed by atoms with van der Waals surface area (Å²) in [7, 11) is 0. The Morgan fingerprint density at radius 2 is 1.00 bits per heavy atom. The molecule has 0 aromatic heterocycles. The number of alkyl halides is 12. The minimum absolute atomic E-state index is 0. The van der Waals surface area contributed by atoms with Gasteiger partial charge in [0.25, 0.3) is 0 Å². The molecule has 4 aliphatic rings. The van der Waals surface area contributed by atoms with Crippen molar-refractivity contribution >= 4 is 18.3 Å². The number of fused-ring (bicyclic) bond motifs is 2. The number of nitrogens with one attached hydrogen (secondary N) is 3. The Morgan fingerprint density at radius 3 is 1.48 bits per heavy atom. The molecule has 4 aliphatic heterocycles. The summed E-state index contributed by atoms with van der Waals surface area (Å²) >= 11 is 0. The van der Waals surface area contributed by atoms with Gasteiger partial charge < -0.3 is 50.6 Å². The van der Waals surface area contributed by atoms with E-state index in [9.17, 15) is 67.1 Å². The first-order valence-corrected chi connectivity index (χ1v) is 26.2. The zero-order valence-electron chi connectivity index (χ0n) is 45.4. The van der Waals surface area contributed by atoms with Crippen molar-refractivity contribution in [3.8, 4) is 0 Å². The van der Waals surface area contributed by atoms with E-state index in [4.69, 9.17) is 23.7 Å². The summed E-state index contributed by atoms with van der Waals surface area (Å²) < 4.78 is 190. The molecule has 4 fully saturated rings. The van der Waals surface area contributed by atoms with E-state index in [-0.39, 0.29) is 114 Å². The van der Waals surface area contributed by atoms with Crippen LogP contribution in [-0.4, -0.2) is 84.7 Å². The minimum Gasteiger partial charge on any atom is -0.449 e. The van der Waals surface area contributed by atoms with Crippen molar-refractivity contribution in [2.75, 3.05) is 26.4 Å². The van der Waals surface area contributed by atoms with Crippen LogP contribution < -0.4 is 16.0 Å². The number of carbonyl (C=O) groups is 3. The molecule has 3 amide bonds. The molecule has 8 atom stereocenters. The standard InChI is InChI=1S/C33H32F6N2O5.C25H26F6N2O3.2H2O.Pd.H2/c1-21(23-16-25(32(34,35)36)18-26(17-23)33(37,38)39)46-20-31(24-10-6-3-7-11-24)14-12-27-28(13-15-44-29(42)40-27)41(31)30(43)45-19-22-8-4-2-5-9-22;1-15(16-11-18(24(26,27)28)13-19(12-16)25(29,30)31)36-14-23(17-5-3-2-4-6-17)9-7-20-21(33-23)8-10-35-22(34)32-20;;;;/h2-11,16-18,21,27-28H,12-15,19-20H2,1H3,(H,40,42);2-6,11-13,15,20-21,33H,7-10,14H2,1H3,(H,32,34);2*1H2;;1H/t21-,27+,28?,31-;15-,20+,21?,23-;;;;/m11..../s1. The number of nitrogens with zero attached hydrogens (tertiary/aromatic N) is 1. The molecule has 5 aromatic rings. The van der Waals surface area contributed by atoms with Crippen molar-refractivity contribution in [2.45, 2.75) is 131 Å². The first-order chi connectivity index (χ1) is 38.6. The van der Waals surface area contributed by atoms with E-state index in [0.29, 0.717) is 55.5 Å². The molecule has 5 aromatic carbocycles. The van der Waals surface area contributed by atoms with Crippen molar-refractivity contribution in [1.29, 1.82) is 0 Å². The summed E-state index contributed by atoms with van der Waals surface area (Å²) in [5.41, 5.74) is -6.03. The topological polar surface area (TPSA) is 200 Å². The number of alkyl carbamates (subject to hydrolysis) is 2. The predicted molar refractivity (Wildman–Crippen MR) is 281 cm³/mol. The van der Waals surface area contributed by atoms with Crippen molar-refractivity contribution in [3.05, 3.63) is 177 Å². The maximum atomic E-state index is 14.1. The molecule has 2 unspecified atom stereocenters. The SMILES string of the molecule is C[C@@H](OC[C@@]1(c2ccccc2)CC[C@@H]2NC(=O)OCCC2N1)c1cc(C(F)(F)F)cc(C(F)(F)F)c1.C[C@@H](OC[C@@]1(c2ccccc2)CC[C@@H]2NC(=O)OCCC2N1C(=O)OCc1ccccc1)c1cc(C(F)(F)F)cc(C(F)(F)F)c1.O.O.[HH].[Pd]. The first-order valence-electron chi connectivity index (χ1n) is 26.2. The average Bonchev–Trinajstić information content (AvgIpc) is 1.05. The van der Waals surface area contributed by atoms with E-state index >= 15 is 0 Å². The number of ether oxygens (including phenoxy) is 5. The Morgan fingerprint density at radius 1 is 0.576 bits per heavy atom. The maximum absolute atomic E-state index is 14.1. The largest absolute Gasteiger partial charge is 0.449 e. The molecule has 0 aliphatic carbocycles. The van der Waals surface area contributed by atoms with Crippen molar-refractivity contribution < 1.29 is 124 Å². The van der Waals surface area contributed by atoms with Gasteiger partial charge >= 0.3 is 43.0 Å². The quantitative estimate of drug-likeness (QED) is 0.0618. The summed E-state index contributed by atoms with van der Waals surface area (Å²) in [5.74, 6) is 0. The van der Waals surface area contributed by atoms with Crippen LogP contribution in [0.15, 0.2) is 127 Å². The molecular formula is C58H64F12N4O10Pd. The molecule has 9 rings (SSSR count). The Kier molecular flexibility index (Phi) is 23.1. The molecule has 0 spiro atoms. The average molecular weight is 1310 g/mol. The van der Waals surface area contributed by atoms with Crippen molar-refractivity contribution in [3.63, 3.8) is 0 Å². The normalized spacial score (nSPS) is 23.2. The summed E-state index contributed by atoms with van der Waals surface area (Å²) in [6.07, 6.45) is -21.6. The van der Waals surface area contributed by atoms with Crippen LogP contribution in [0.2, 0.25) is 0 Å². The Balaban J connectivity index is 0.000000361. The van der Waals surface area contributed by atoms with Gasteiger partial charge in [-0.15, -0.1) is 0 Å². The molecule has 14 nitrogen and oxygen atoms in total. The molecule has 4 heterocycles. The second-order valence-corrected chi connectivity index (χ2v) is 20.6. The van der Waals surface area contributed by atoms with Gasteiger partial charge in [-0.2, -0.15) is 52.7 Å². The number of cyclic esters (lactones) is 2. The molecule has 4 saturated heterocycles. The van der Waals surface area contributed by atoms with E-state index in [0.717, 1.165) is 11.1 Å². The van der Waals surface area contributed by atoms with Gasteiger partial charge in [0.1, 0.15) is 6.61 Å². The van der Waals surface area contributed by atoms with Crippen LogP contribution in [0, 0.1) is 0 Å². The van der Waals surface area contributed by atoms with Crippen molar-refractivity contribution in [2.24, 2.45) is 0 Å². The summed E-state index contributed by atoms with van der Waals surface area (Å²) in [4.78, 5) is 39.6. The molecule has 470 valence electrons. The van der Waals surface area contributed by atoms with Crippen LogP contribution in [-0.2, 0) is 86.5 Å². The van der Waals surface area contributed by atoms with E-state index in [2.05, 4.69) is 16.0 Å². The van der Waals surface area contributed by atoms with E-state index in [1.807, 2.05) is 36.4 Å². The zero-order valence-corrected chi connectivity index (χ0v) is 47.0.